The number of fused-ring (bicyclic) bond motifs is 1. The predicted octanol–water partition coefficient (Wildman–Crippen LogP) is 2.88. The number of likely N-dealkylation sites (tertiary alicyclic amines) is 1. The van der Waals surface area contributed by atoms with Crippen LogP contribution in [0.1, 0.15) is 52.0 Å². The molecule has 3 aromatic heterocycles. The Kier molecular flexibility index (Phi) is 4.18. The van der Waals surface area contributed by atoms with Crippen molar-refractivity contribution in [2.45, 2.75) is 25.3 Å². The fourth-order valence-electron chi connectivity index (χ4n) is 3.84. The highest BCUT2D eigenvalue weighted by atomic mass is 19.1. The molecule has 0 bridgehead atoms. The van der Waals surface area contributed by atoms with Crippen LogP contribution in [0.3, 0.4) is 0 Å². The van der Waals surface area contributed by atoms with Gasteiger partial charge in [-0.05, 0) is 43.5 Å². The molecule has 1 atom stereocenters. The number of aromatic nitrogens is 3. The SMILES string of the molecule is Cn1c(C(=O)O)ccc1C1CCCCN1C(=O)c1cnc2c(F)cccn12. The van der Waals surface area contributed by atoms with Gasteiger partial charge in [-0.25, -0.2) is 14.2 Å². The number of imidazole rings is 1. The first-order valence-electron chi connectivity index (χ1n) is 8.80. The third-order valence-electron chi connectivity index (χ3n) is 5.19. The first-order valence-corrected chi connectivity index (χ1v) is 8.80. The molecule has 3 aromatic rings. The molecule has 1 aliphatic heterocycles. The molecule has 0 radical (unpaired) electrons. The summed E-state index contributed by atoms with van der Waals surface area (Å²) < 4.78 is 17.0. The van der Waals surface area contributed by atoms with Crippen LogP contribution < -0.4 is 0 Å². The number of pyridine rings is 1. The second kappa shape index (κ2) is 6.53. The molecule has 0 saturated carbocycles. The standard InChI is InChI=1S/C19H19FN4O3/c1-22-13(7-8-15(22)19(26)27)14-6-2-3-9-24(14)18(25)16-11-21-17-12(20)5-4-10-23(16)17/h4-5,7-8,10-11,14H,2-3,6,9H2,1H3,(H,26,27). The minimum atomic E-state index is -1.00. The van der Waals surface area contributed by atoms with E-state index in [1.54, 1.807) is 34.8 Å². The van der Waals surface area contributed by atoms with E-state index in [0.717, 1.165) is 25.0 Å². The van der Waals surface area contributed by atoms with Gasteiger partial charge in [0.15, 0.2) is 11.5 Å². The number of rotatable bonds is 3. The molecular weight excluding hydrogens is 351 g/mol. The van der Waals surface area contributed by atoms with E-state index in [4.69, 9.17) is 0 Å². The fraction of sp³-hybridized carbons (Fsp3) is 0.316. The number of hydrogen-bond donors (Lipinski definition) is 1. The summed E-state index contributed by atoms with van der Waals surface area (Å²) in [5.41, 5.74) is 1.37. The summed E-state index contributed by atoms with van der Waals surface area (Å²) in [7, 11) is 1.69. The average Bonchev–Trinajstić information content (AvgIpc) is 3.26. The Morgan fingerprint density at radius 2 is 2.04 bits per heavy atom. The van der Waals surface area contributed by atoms with Gasteiger partial charge in [0, 0.05) is 25.5 Å². The second-order valence-electron chi connectivity index (χ2n) is 6.71. The predicted molar refractivity (Wildman–Crippen MR) is 95.2 cm³/mol. The number of hydrogen-bond acceptors (Lipinski definition) is 3. The van der Waals surface area contributed by atoms with Crippen LogP contribution in [0, 0.1) is 5.82 Å². The number of carbonyl (C=O) groups is 2. The number of piperidine rings is 1. The minimum absolute atomic E-state index is 0.112. The number of carbonyl (C=O) groups excluding carboxylic acids is 1. The highest BCUT2D eigenvalue weighted by molar-refractivity contribution is 5.93. The van der Waals surface area contributed by atoms with Gasteiger partial charge < -0.3 is 14.6 Å². The van der Waals surface area contributed by atoms with Gasteiger partial charge in [0.1, 0.15) is 11.4 Å². The molecule has 27 heavy (non-hydrogen) atoms. The Hall–Kier alpha value is -3.16. The number of carboxylic acid groups (broad SMARTS) is 1. The maximum atomic E-state index is 13.9. The van der Waals surface area contributed by atoms with Gasteiger partial charge in [-0.3, -0.25) is 9.20 Å². The molecule has 0 aliphatic carbocycles. The van der Waals surface area contributed by atoms with Crippen LogP contribution in [0.15, 0.2) is 36.7 Å². The van der Waals surface area contributed by atoms with Crippen molar-refractivity contribution in [2.75, 3.05) is 6.54 Å². The van der Waals surface area contributed by atoms with E-state index in [-0.39, 0.29) is 23.3 Å². The molecule has 1 amide bonds. The van der Waals surface area contributed by atoms with Gasteiger partial charge in [0.05, 0.1) is 12.2 Å². The zero-order chi connectivity index (χ0) is 19.1. The maximum absolute atomic E-state index is 13.9. The molecule has 4 rings (SSSR count). The van der Waals surface area contributed by atoms with Gasteiger partial charge in [0.25, 0.3) is 5.91 Å². The smallest absolute Gasteiger partial charge is 0.352 e. The first kappa shape index (κ1) is 17.3. The lowest BCUT2D eigenvalue weighted by atomic mass is 9.99. The number of aromatic carboxylic acids is 1. The van der Waals surface area contributed by atoms with E-state index >= 15 is 0 Å². The van der Waals surface area contributed by atoms with Crippen molar-refractivity contribution >= 4 is 17.5 Å². The number of amides is 1. The minimum Gasteiger partial charge on any atom is -0.477 e. The largest absolute Gasteiger partial charge is 0.477 e. The van der Waals surface area contributed by atoms with Crippen LogP contribution in [0.5, 0.6) is 0 Å². The Morgan fingerprint density at radius 3 is 2.78 bits per heavy atom. The van der Waals surface area contributed by atoms with Gasteiger partial charge in [-0.1, -0.05) is 0 Å². The monoisotopic (exact) mass is 370 g/mol. The van der Waals surface area contributed by atoms with E-state index < -0.39 is 11.8 Å². The van der Waals surface area contributed by atoms with Crippen molar-refractivity contribution in [3.63, 3.8) is 0 Å². The normalized spacial score (nSPS) is 17.4. The summed E-state index contributed by atoms with van der Waals surface area (Å²) in [4.78, 5) is 30.4. The zero-order valence-electron chi connectivity index (χ0n) is 14.8. The van der Waals surface area contributed by atoms with E-state index in [2.05, 4.69) is 4.98 Å². The molecule has 1 N–H and O–H groups in total. The molecule has 1 aliphatic rings. The van der Waals surface area contributed by atoms with Crippen molar-refractivity contribution < 1.29 is 19.1 Å². The van der Waals surface area contributed by atoms with Gasteiger partial charge in [0.2, 0.25) is 0 Å². The van der Waals surface area contributed by atoms with E-state index in [1.165, 1.54) is 22.7 Å². The summed E-state index contributed by atoms with van der Waals surface area (Å²) >= 11 is 0. The molecule has 0 aromatic carbocycles. The molecular formula is C19H19FN4O3. The molecule has 7 nitrogen and oxygen atoms in total. The van der Waals surface area contributed by atoms with Crippen LogP contribution in [-0.2, 0) is 7.05 Å². The van der Waals surface area contributed by atoms with Crippen molar-refractivity contribution in [1.82, 2.24) is 18.9 Å². The lowest BCUT2D eigenvalue weighted by Gasteiger charge is -2.36. The maximum Gasteiger partial charge on any atom is 0.352 e. The summed E-state index contributed by atoms with van der Waals surface area (Å²) in [5.74, 6) is -1.73. The molecule has 1 unspecified atom stereocenters. The number of halogens is 1. The Bertz CT molecular complexity index is 1040. The molecule has 1 fully saturated rings. The molecule has 4 heterocycles. The Balaban J connectivity index is 1.73. The number of nitrogens with zero attached hydrogens (tertiary/aromatic N) is 4. The third kappa shape index (κ3) is 2.77. The van der Waals surface area contributed by atoms with Gasteiger partial charge in [-0.2, -0.15) is 0 Å². The molecule has 0 spiro atoms. The number of carboxylic acids is 1. The zero-order valence-corrected chi connectivity index (χ0v) is 14.8. The lowest BCUT2D eigenvalue weighted by Crippen LogP contribution is -2.39. The van der Waals surface area contributed by atoms with Crippen LogP contribution in [0.2, 0.25) is 0 Å². The second-order valence-corrected chi connectivity index (χ2v) is 6.71. The molecule has 8 heteroatoms. The summed E-state index contributed by atoms with van der Waals surface area (Å²) in [6.07, 6.45) is 5.56. The highest BCUT2D eigenvalue weighted by Gasteiger charge is 2.32. The van der Waals surface area contributed by atoms with Crippen LogP contribution in [0.4, 0.5) is 4.39 Å². The quantitative estimate of drug-likeness (QED) is 0.769. The van der Waals surface area contributed by atoms with Crippen LogP contribution in [0.25, 0.3) is 5.65 Å². The van der Waals surface area contributed by atoms with Crippen molar-refractivity contribution in [2.24, 2.45) is 7.05 Å². The van der Waals surface area contributed by atoms with Crippen molar-refractivity contribution in [3.05, 3.63) is 59.6 Å². The average molecular weight is 370 g/mol. The molecule has 140 valence electrons. The summed E-state index contributed by atoms with van der Waals surface area (Å²) in [6, 6.07) is 5.91. The Morgan fingerprint density at radius 1 is 1.22 bits per heavy atom. The Labute approximate surface area is 154 Å². The van der Waals surface area contributed by atoms with Crippen LogP contribution in [-0.4, -0.2) is 42.4 Å². The van der Waals surface area contributed by atoms with Gasteiger partial charge in [-0.15, -0.1) is 0 Å². The summed E-state index contributed by atoms with van der Waals surface area (Å²) in [5, 5.41) is 9.30. The summed E-state index contributed by atoms with van der Waals surface area (Å²) in [6.45, 7) is 0.555. The molecule has 1 saturated heterocycles. The highest BCUT2D eigenvalue weighted by Crippen LogP contribution is 2.33. The van der Waals surface area contributed by atoms with Crippen molar-refractivity contribution in [3.8, 4) is 0 Å². The van der Waals surface area contributed by atoms with Crippen LogP contribution >= 0.6 is 0 Å². The van der Waals surface area contributed by atoms with Crippen molar-refractivity contribution in [1.29, 1.82) is 0 Å². The third-order valence-corrected chi connectivity index (χ3v) is 5.19. The topological polar surface area (TPSA) is 79.8 Å². The first-order chi connectivity index (χ1) is 13.0. The van der Waals surface area contributed by atoms with E-state index in [9.17, 15) is 19.1 Å². The lowest BCUT2D eigenvalue weighted by molar-refractivity contribution is 0.0594. The van der Waals surface area contributed by atoms with E-state index in [0.29, 0.717) is 12.2 Å². The van der Waals surface area contributed by atoms with Gasteiger partial charge >= 0.3 is 5.97 Å². The van der Waals surface area contributed by atoms with E-state index in [1.807, 2.05) is 0 Å². The fourth-order valence-corrected chi connectivity index (χ4v) is 3.84.